The van der Waals surface area contributed by atoms with Crippen molar-refractivity contribution in [1.82, 2.24) is 4.90 Å². The second-order valence-electron chi connectivity index (χ2n) is 7.58. The summed E-state index contributed by atoms with van der Waals surface area (Å²) < 4.78 is 11.4. The Bertz CT molecular complexity index is 745. The van der Waals surface area contributed by atoms with Crippen LogP contribution in [-0.4, -0.2) is 55.9 Å². The molecule has 5 nitrogen and oxygen atoms in total. The number of piperazine rings is 1. The van der Waals surface area contributed by atoms with Crippen LogP contribution in [0.5, 0.6) is 11.5 Å². The van der Waals surface area contributed by atoms with E-state index in [9.17, 15) is 5.11 Å². The molecule has 2 aromatic rings. The van der Waals surface area contributed by atoms with Gasteiger partial charge in [-0.25, -0.2) is 0 Å². The largest absolute Gasteiger partial charge is 0.490 e. The molecule has 0 saturated carbocycles. The van der Waals surface area contributed by atoms with Gasteiger partial charge in [0.05, 0.1) is 19.3 Å². The summed E-state index contributed by atoms with van der Waals surface area (Å²) in [7, 11) is 0. The van der Waals surface area contributed by atoms with Gasteiger partial charge in [0.15, 0.2) is 11.5 Å². The number of aliphatic hydroxyl groups excluding tert-OH is 1. The predicted molar refractivity (Wildman–Crippen MR) is 111 cm³/mol. The van der Waals surface area contributed by atoms with Gasteiger partial charge in [-0.15, -0.1) is 0 Å². The van der Waals surface area contributed by atoms with E-state index in [0.717, 1.165) is 69.0 Å². The molecule has 0 aromatic heterocycles. The molecule has 150 valence electrons. The second-order valence-corrected chi connectivity index (χ2v) is 7.58. The van der Waals surface area contributed by atoms with Crippen LogP contribution in [0.3, 0.4) is 0 Å². The molecule has 5 heteroatoms. The Morgan fingerprint density at radius 3 is 2.43 bits per heavy atom. The highest BCUT2D eigenvalue weighted by Gasteiger charge is 2.18. The first-order valence-corrected chi connectivity index (χ1v) is 10.4. The fourth-order valence-corrected chi connectivity index (χ4v) is 3.93. The van der Waals surface area contributed by atoms with Crippen LogP contribution in [0.4, 0.5) is 5.69 Å². The van der Waals surface area contributed by atoms with Crippen LogP contribution in [0.15, 0.2) is 48.5 Å². The van der Waals surface area contributed by atoms with Crippen molar-refractivity contribution < 1.29 is 14.6 Å². The normalized spacial score (nSPS) is 18.5. The van der Waals surface area contributed by atoms with E-state index >= 15 is 0 Å². The SMILES string of the molecule is OC(CCCN1CCN(c2ccccc2)CC1)c1ccc2c(c1)OCCCO2. The van der Waals surface area contributed by atoms with E-state index in [0.29, 0.717) is 13.2 Å². The average Bonchev–Trinajstić information content (AvgIpc) is 2.99. The zero-order valence-electron chi connectivity index (χ0n) is 16.4. The fourth-order valence-electron chi connectivity index (χ4n) is 3.93. The lowest BCUT2D eigenvalue weighted by Gasteiger charge is -2.36. The molecule has 0 spiro atoms. The van der Waals surface area contributed by atoms with Crippen molar-refractivity contribution in [3.63, 3.8) is 0 Å². The molecule has 1 fully saturated rings. The average molecular weight is 383 g/mol. The highest BCUT2D eigenvalue weighted by molar-refractivity contribution is 5.46. The number of benzene rings is 2. The number of rotatable bonds is 6. The number of hydrogen-bond acceptors (Lipinski definition) is 5. The minimum atomic E-state index is -0.456. The third kappa shape index (κ3) is 4.78. The Balaban J connectivity index is 1.22. The number of hydrogen-bond donors (Lipinski definition) is 1. The lowest BCUT2D eigenvalue weighted by molar-refractivity contribution is 0.153. The van der Waals surface area contributed by atoms with Gasteiger partial charge in [0.2, 0.25) is 0 Å². The van der Waals surface area contributed by atoms with Crippen molar-refractivity contribution in [3.8, 4) is 11.5 Å². The van der Waals surface area contributed by atoms with Gasteiger partial charge in [-0.05, 0) is 49.2 Å². The number of fused-ring (bicyclic) bond motifs is 1. The summed E-state index contributed by atoms with van der Waals surface area (Å²) in [5.74, 6) is 1.54. The van der Waals surface area contributed by atoms with Crippen LogP contribution >= 0.6 is 0 Å². The predicted octanol–water partition coefficient (Wildman–Crippen LogP) is 3.48. The molecule has 1 saturated heterocycles. The van der Waals surface area contributed by atoms with Crippen LogP contribution in [0.2, 0.25) is 0 Å². The van der Waals surface area contributed by atoms with Crippen LogP contribution < -0.4 is 14.4 Å². The monoisotopic (exact) mass is 382 g/mol. The molecule has 0 aliphatic carbocycles. The Hall–Kier alpha value is -2.24. The lowest BCUT2D eigenvalue weighted by atomic mass is 10.0. The topological polar surface area (TPSA) is 45.2 Å². The smallest absolute Gasteiger partial charge is 0.161 e. The van der Waals surface area contributed by atoms with E-state index < -0.39 is 6.10 Å². The molecule has 2 heterocycles. The number of nitrogens with zero attached hydrogens (tertiary/aromatic N) is 2. The summed E-state index contributed by atoms with van der Waals surface area (Å²) in [5.41, 5.74) is 2.23. The maximum Gasteiger partial charge on any atom is 0.161 e. The fraction of sp³-hybridized carbons (Fsp3) is 0.478. The van der Waals surface area contributed by atoms with Gasteiger partial charge in [-0.3, -0.25) is 4.90 Å². The summed E-state index contributed by atoms with van der Waals surface area (Å²) in [4.78, 5) is 4.95. The van der Waals surface area contributed by atoms with Crippen molar-refractivity contribution in [2.45, 2.75) is 25.4 Å². The van der Waals surface area contributed by atoms with Crippen LogP contribution in [0.25, 0.3) is 0 Å². The minimum Gasteiger partial charge on any atom is -0.490 e. The first-order chi connectivity index (χ1) is 13.8. The van der Waals surface area contributed by atoms with E-state index in [-0.39, 0.29) is 0 Å². The van der Waals surface area contributed by atoms with E-state index in [1.165, 1.54) is 5.69 Å². The molecule has 1 N–H and O–H groups in total. The van der Waals surface area contributed by atoms with Crippen molar-refractivity contribution in [1.29, 1.82) is 0 Å². The third-order valence-corrected chi connectivity index (χ3v) is 5.60. The van der Waals surface area contributed by atoms with Gasteiger partial charge >= 0.3 is 0 Å². The standard InChI is InChI=1S/C23H30N2O3/c26-21(19-9-10-22-23(18-19)28-17-5-16-27-22)8-4-11-24-12-14-25(15-13-24)20-6-2-1-3-7-20/h1-3,6-7,9-10,18,21,26H,4-5,8,11-17H2. The van der Waals surface area contributed by atoms with Gasteiger partial charge in [0.25, 0.3) is 0 Å². The molecule has 0 radical (unpaired) electrons. The van der Waals surface area contributed by atoms with Gasteiger partial charge in [0, 0.05) is 38.3 Å². The Morgan fingerprint density at radius 2 is 1.64 bits per heavy atom. The summed E-state index contributed by atoms with van der Waals surface area (Å²) in [6, 6.07) is 16.4. The molecule has 2 aliphatic heterocycles. The number of aliphatic hydroxyl groups is 1. The Morgan fingerprint density at radius 1 is 0.893 bits per heavy atom. The molecule has 0 amide bonds. The molecule has 2 aromatic carbocycles. The zero-order chi connectivity index (χ0) is 19.2. The maximum absolute atomic E-state index is 10.6. The number of anilines is 1. The molecule has 4 rings (SSSR count). The molecular formula is C23H30N2O3. The van der Waals surface area contributed by atoms with Crippen molar-refractivity contribution in [3.05, 3.63) is 54.1 Å². The minimum absolute atomic E-state index is 0.456. The molecular weight excluding hydrogens is 352 g/mol. The number of para-hydroxylation sites is 1. The zero-order valence-corrected chi connectivity index (χ0v) is 16.4. The van der Waals surface area contributed by atoms with Crippen LogP contribution in [0, 0.1) is 0 Å². The van der Waals surface area contributed by atoms with Gasteiger partial charge < -0.3 is 19.5 Å². The van der Waals surface area contributed by atoms with Crippen molar-refractivity contribution in [2.75, 3.05) is 50.8 Å². The summed E-state index contributed by atoms with van der Waals surface area (Å²) in [6.07, 6.45) is 2.19. The number of ether oxygens (including phenoxy) is 2. The second kappa shape index (κ2) is 9.30. The van der Waals surface area contributed by atoms with E-state index in [4.69, 9.17) is 9.47 Å². The van der Waals surface area contributed by atoms with E-state index in [1.807, 2.05) is 18.2 Å². The molecule has 1 unspecified atom stereocenters. The van der Waals surface area contributed by atoms with E-state index in [1.54, 1.807) is 0 Å². The summed E-state index contributed by atoms with van der Waals surface area (Å²) >= 11 is 0. The highest BCUT2D eigenvalue weighted by atomic mass is 16.5. The quantitative estimate of drug-likeness (QED) is 0.829. The molecule has 2 aliphatic rings. The van der Waals surface area contributed by atoms with Crippen LogP contribution in [0.1, 0.15) is 30.9 Å². The van der Waals surface area contributed by atoms with E-state index in [2.05, 4.69) is 40.1 Å². The molecule has 0 bridgehead atoms. The van der Waals surface area contributed by atoms with Gasteiger partial charge in [0.1, 0.15) is 0 Å². The van der Waals surface area contributed by atoms with Crippen molar-refractivity contribution in [2.24, 2.45) is 0 Å². The Labute approximate surface area is 167 Å². The van der Waals surface area contributed by atoms with Crippen LogP contribution in [-0.2, 0) is 0 Å². The highest BCUT2D eigenvalue weighted by Crippen LogP contribution is 2.33. The first kappa shape index (κ1) is 19.1. The maximum atomic E-state index is 10.6. The summed E-state index contributed by atoms with van der Waals surface area (Å²) in [6.45, 7) is 6.67. The third-order valence-electron chi connectivity index (χ3n) is 5.60. The van der Waals surface area contributed by atoms with Crippen molar-refractivity contribution >= 4 is 5.69 Å². The molecule has 1 atom stereocenters. The lowest BCUT2D eigenvalue weighted by Crippen LogP contribution is -2.46. The van der Waals surface area contributed by atoms with Gasteiger partial charge in [-0.1, -0.05) is 24.3 Å². The summed E-state index contributed by atoms with van der Waals surface area (Å²) in [5, 5.41) is 10.6. The molecule has 28 heavy (non-hydrogen) atoms. The van der Waals surface area contributed by atoms with Gasteiger partial charge in [-0.2, -0.15) is 0 Å². The Kier molecular flexibility index (Phi) is 6.34. The first-order valence-electron chi connectivity index (χ1n) is 10.4.